The third-order valence-electron chi connectivity index (χ3n) is 6.60. The van der Waals surface area contributed by atoms with Crippen molar-refractivity contribution >= 4 is 28.3 Å². The molecule has 2 aliphatic rings. The summed E-state index contributed by atoms with van der Waals surface area (Å²) in [6.07, 6.45) is 2.16. The molecule has 0 unspecified atom stereocenters. The minimum absolute atomic E-state index is 0.0736. The highest BCUT2D eigenvalue weighted by atomic mass is 16.5. The largest absolute Gasteiger partial charge is 0.451 e. The first-order chi connectivity index (χ1) is 16.6. The fraction of sp³-hybridized carbons (Fsp3) is 0.346. The Morgan fingerprint density at radius 2 is 1.79 bits per heavy atom. The Bertz CT molecular complexity index is 1300. The van der Waals surface area contributed by atoms with Gasteiger partial charge in [0.2, 0.25) is 0 Å². The number of carbonyl (C=O) groups excluding carboxylic acids is 1. The number of nitrogens with one attached hydrogen (secondary N) is 1. The van der Waals surface area contributed by atoms with Crippen molar-refractivity contribution in [3.8, 4) is 6.07 Å². The molecule has 2 aromatic carbocycles. The molecular weight excluding hydrogens is 432 g/mol. The summed E-state index contributed by atoms with van der Waals surface area (Å²) in [5.74, 6) is -0.611. The Labute approximate surface area is 197 Å². The minimum atomic E-state index is -0.537. The van der Waals surface area contributed by atoms with Crippen molar-refractivity contribution in [3.63, 3.8) is 0 Å². The lowest BCUT2D eigenvalue weighted by molar-refractivity contribution is 0.0321. The van der Waals surface area contributed by atoms with Crippen molar-refractivity contribution in [3.05, 3.63) is 70.1 Å². The van der Waals surface area contributed by atoms with Crippen molar-refractivity contribution in [1.82, 2.24) is 4.90 Å². The van der Waals surface area contributed by atoms with E-state index in [1.807, 2.05) is 6.07 Å². The van der Waals surface area contributed by atoms with Crippen LogP contribution >= 0.6 is 0 Å². The number of carbonyl (C=O) groups is 1. The number of para-hydroxylation sites is 1. The third kappa shape index (κ3) is 4.53. The summed E-state index contributed by atoms with van der Waals surface area (Å²) in [5, 5.41) is 12.9. The second-order valence-electron chi connectivity index (χ2n) is 8.64. The average Bonchev–Trinajstić information content (AvgIpc) is 2.89. The molecule has 3 heterocycles. The van der Waals surface area contributed by atoms with Gasteiger partial charge in [0, 0.05) is 57.2 Å². The smallest absolute Gasteiger partial charge is 0.291 e. The number of benzene rings is 2. The Hall–Kier alpha value is -3.67. The molecule has 1 aromatic heterocycles. The van der Waals surface area contributed by atoms with Gasteiger partial charge in [0.05, 0.1) is 16.6 Å². The number of fused-ring (bicyclic) bond motifs is 1. The molecule has 2 saturated heterocycles. The summed E-state index contributed by atoms with van der Waals surface area (Å²) in [7, 11) is 0. The van der Waals surface area contributed by atoms with Gasteiger partial charge in [-0.2, -0.15) is 5.26 Å². The number of nitriles is 1. The zero-order valence-corrected chi connectivity index (χ0v) is 18.8. The van der Waals surface area contributed by atoms with Gasteiger partial charge >= 0.3 is 0 Å². The van der Waals surface area contributed by atoms with Crippen LogP contribution < -0.4 is 15.6 Å². The Kier molecular flexibility index (Phi) is 6.30. The molecule has 3 aromatic rings. The molecule has 34 heavy (non-hydrogen) atoms. The van der Waals surface area contributed by atoms with Crippen LogP contribution in [0.4, 0.5) is 11.4 Å². The van der Waals surface area contributed by atoms with Gasteiger partial charge in [-0.3, -0.25) is 14.5 Å². The van der Waals surface area contributed by atoms with Crippen molar-refractivity contribution in [1.29, 1.82) is 5.26 Å². The maximum atomic E-state index is 12.7. The maximum Gasteiger partial charge on any atom is 0.291 e. The first kappa shape index (κ1) is 22.1. The van der Waals surface area contributed by atoms with Crippen molar-refractivity contribution < 1.29 is 13.9 Å². The number of ether oxygens (including phenoxy) is 1. The van der Waals surface area contributed by atoms with Gasteiger partial charge in [-0.1, -0.05) is 12.1 Å². The van der Waals surface area contributed by atoms with Crippen LogP contribution in [0.15, 0.2) is 57.7 Å². The molecule has 0 saturated carbocycles. The van der Waals surface area contributed by atoms with Crippen LogP contribution in [0.25, 0.3) is 11.0 Å². The van der Waals surface area contributed by atoms with E-state index in [1.165, 1.54) is 6.07 Å². The molecule has 0 atom stereocenters. The van der Waals surface area contributed by atoms with E-state index in [1.54, 1.807) is 36.4 Å². The Balaban J connectivity index is 1.28. The fourth-order valence-corrected chi connectivity index (χ4v) is 4.77. The van der Waals surface area contributed by atoms with E-state index in [0.717, 1.165) is 57.9 Å². The van der Waals surface area contributed by atoms with E-state index in [4.69, 9.17) is 9.15 Å². The second-order valence-corrected chi connectivity index (χ2v) is 8.64. The standard InChI is InChI=1S/C26H26N4O4/c27-17-18-15-19(28-26(32)25-16-23(31)21-3-1-2-4-24(21)34-25)5-6-22(18)30-11-9-29(10-12-30)20-7-13-33-14-8-20/h1-6,15-16,20H,7-14H2,(H,28,32). The van der Waals surface area contributed by atoms with E-state index in [0.29, 0.717) is 28.3 Å². The van der Waals surface area contributed by atoms with E-state index < -0.39 is 5.91 Å². The van der Waals surface area contributed by atoms with Gasteiger partial charge in [-0.15, -0.1) is 0 Å². The third-order valence-corrected chi connectivity index (χ3v) is 6.60. The highest BCUT2D eigenvalue weighted by Crippen LogP contribution is 2.26. The molecular formula is C26H26N4O4. The normalized spacial score (nSPS) is 17.4. The van der Waals surface area contributed by atoms with Crippen LogP contribution in [0.3, 0.4) is 0 Å². The summed E-state index contributed by atoms with van der Waals surface area (Å²) in [6, 6.07) is 16.1. The molecule has 0 spiro atoms. The van der Waals surface area contributed by atoms with Crippen LogP contribution in [0, 0.1) is 11.3 Å². The highest BCUT2D eigenvalue weighted by Gasteiger charge is 2.26. The molecule has 1 amide bonds. The van der Waals surface area contributed by atoms with Crippen molar-refractivity contribution in [2.75, 3.05) is 49.6 Å². The van der Waals surface area contributed by atoms with Gasteiger partial charge in [0.15, 0.2) is 11.2 Å². The molecule has 8 nitrogen and oxygen atoms in total. The average molecular weight is 459 g/mol. The number of amides is 1. The second kappa shape index (κ2) is 9.67. The molecule has 2 fully saturated rings. The van der Waals surface area contributed by atoms with Gasteiger partial charge in [0.25, 0.3) is 5.91 Å². The zero-order valence-electron chi connectivity index (χ0n) is 18.8. The topological polar surface area (TPSA) is 98.8 Å². The first-order valence-corrected chi connectivity index (χ1v) is 11.6. The van der Waals surface area contributed by atoms with Crippen molar-refractivity contribution in [2.45, 2.75) is 18.9 Å². The van der Waals surface area contributed by atoms with Gasteiger partial charge in [0.1, 0.15) is 11.7 Å². The predicted molar refractivity (Wildman–Crippen MR) is 129 cm³/mol. The Morgan fingerprint density at radius 1 is 1.03 bits per heavy atom. The number of nitrogens with zero attached hydrogens (tertiary/aromatic N) is 3. The molecule has 0 aliphatic carbocycles. The maximum absolute atomic E-state index is 12.7. The number of rotatable bonds is 4. The lowest BCUT2D eigenvalue weighted by atomic mass is 10.1. The lowest BCUT2D eigenvalue weighted by Gasteiger charge is -2.41. The van der Waals surface area contributed by atoms with Crippen LogP contribution in [-0.4, -0.2) is 56.2 Å². The summed E-state index contributed by atoms with van der Waals surface area (Å²) >= 11 is 0. The van der Waals surface area contributed by atoms with Gasteiger partial charge < -0.3 is 19.4 Å². The number of hydrogen-bond acceptors (Lipinski definition) is 7. The SMILES string of the molecule is N#Cc1cc(NC(=O)c2cc(=O)c3ccccc3o2)ccc1N1CCN(C2CCOCC2)CC1. The van der Waals surface area contributed by atoms with E-state index in [9.17, 15) is 14.9 Å². The van der Waals surface area contributed by atoms with E-state index in [-0.39, 0.29) is 11.2 Å². The van der Waals surface area contributed by atoms with Crippen LogP contribution in [0.2, 0.25) is 0 Å². The molecule has 0 bridgehead atoms. The van der Waals surface area contributed by atoms with E-state index >= 15 is 0 Å². The minimum Gasteiger partial charge on any atom is -0.451 e. The summed E-state index contributed by atoms with van der Waals surface area (Å²) < 4.78 is 11.1. The zero-order chi connectivity index (χ0) is 23.5. The Morgan fingerprint density at radius 3 is 2.56 bits per heavy atom. The van der Waals surface area contributed by atoms with Crippen LogP contribution in [-0.2, 0) is 4.74 Å². The summed E-state index contributed by atoms with van der Waals surface area (Å²) in [4.78, 5) is 29.8. The molecule has 0 radical (unpaired) electrons. The molecule has 174 valence electrons. The van der Waals surface area contributed by atoms with Crippen LogP contribution in [0.1, 0.15) is 29.0 Å². The number of piperazine rings is 1. The molecule has 2 aliphatic heterocycles. The van der Waals surface area contributed by atoms with Gasteiger partial charge in [-0.25, -0.2) is 0 Å². The number of hydrogen-bond donors (Lipinski definition) is 1. The summed E-state index contributed by atoms with van der Waals surface area (Å²) in [5.41, 5.74) is 1.91. The quantitative estimate of drug-likeness (QED) is 0.641. The monoisotopic (exact) mass is 458 g/mol. The first-order valence-electron chi connectivity index (χ1n) is 11.6. The highest BCUT2D eigenvalue weighted by molar-refractivity contribution is 6.03. The lowest BCUT2D eigenvalue weighted by Crippen LogP contribution is -2.51. The molecule has 1 N–H and O–H groups in total. The summed E-state index contributed by atoms with van der Waals surface area (Å²) in [6.45, 7) is 5.27. The molecule has 8 heteroatoms. The number of anilines is 2. The van der Waals surface area contributed by atoms with Crippen molar-refractivity contribution in [2.24, 2.45) is 0 Å². The fourth-order valence-electron chi connectivity index (χ4n) is 4.77. The van der Waals surface area contributed by atoms with Gasteiger partial charge in [-0.05, 0) is 43.2 Å². The predicted octanol–water partition coefficient (Wildman–Crippen LogP) is 3.22. The van der Waals surface area contributed by atoms with Crippen LogP contribution in [0.5, 0.6) is 0 Å². The molecule has 5 rings (SSSR count). The van der Waals surface area contributed by atoms with E-state index in [2.05, 4.69) is 21.2 Å².